The molecule has 0 radical (unpaired) electrons. The van der Waals surface area contributed by atoms with E-state index in [1.165, 1.54) is 13.3 Å². The van der Waals surface area contributed by atoms with Crippen molar-refractivity contribution in [3.8, 4) is 11.5 Å². The summed E-state index contributed by atoms with van der Waals surface area (Å²) >= 11 is 3.41. The van der Waals surface area contributed by atoms with E-state index in [0.717, 1.165) is 4.47 Å². The zero-order chi connectivity index (χ0) is 21.4. The van der Waals surface area contributed by atoms with Gasteiger partial charge in [0, 0.05) is 17.2 Å². The van der Waals surface area contributed by atoms with Crippen molar-refractivity contribution in [3.63, 3.8) is 0 Å². The molecule has 1 unspecified atom stereocenters. The molecule has 2 rings (SSSR count). The van der Waals surface area contributed by atoms with Crippen LogP contribution in [-0.4, -0.2) is 38.3 Å². The molecule has 0 aliphatic rings. The normalized spacial score (nSPS) is 11.9. The molecule has 0 aromatic heterocycles. The van der Waals surface area contributed by atoms with Crippen LogP contribution in [-0.2, 0) is 4.79 Å². The van der Waals surface area contributed by atoms with E-state index in [1.807, 2.05) is 19.9 Å². The Morgan fingerprint density at radius 3 is 2.31 bits per heavy atom. The van der Waals surface area contributed by atoms with E-state index in [1.54, 1.807) is 43.5 Å². The molecule has 0 spiro atoms. The van der Waals surface area contributed by atoms with Gasteiger partial charge < -0.3 is 14.8 Å². The van der Waals surface area contributed by atoms with Crippen molar-refractivity contribution >= 4 is 34.0 Å². The van der Waals surface area contributed by atoms with Crippen LogP contribution in [0.4, 0.5) is 0 Å². The van der Waals surface area contributed by atoms with Gasteiger partial charge in [0.05, 0.1) is 24.9 Å². The van der Waals surface area contributed by atoms with Crippen molar-refractivity contribution in [2.45, 2.75) is 19.9 Å². The van der Waals surface area contributed by atoms with Gasteiger partial charge in [0.2, 0.25) is 0 Å². The maximum atomic E-state index is 12.6. The Labute approximate surface area is 178 Å². The summed E-state index contributed by atoms with van der Waals surface area (Å²) in [5, 5.41) is 6.77. The average molecular weight is 462 g/mol. The lowest BCUT2D eigenvalue weighted by Gasteiger charge is -2.20. The van der Waals surface area contributed by atoms with Crippen molar-refractivity contribution < 1.29 is 19.1 Å². The molecule has 0 fully saturated rings. The van der Waals surface area contributed by atoms with Gasteiger partial charge in [-0.15, -0.1) is 0 Å². The van der Waals surface area contributed by atoms with E-state index in [2.05, 4.69) is 31.8 Å². The van der Waals surface area contributed by atoms with E-state index < -0.39 is 11.9 Å². The SMILES string of the molecule is COc1cc(OC)c(/C=N/NC(=O)C(NC(=O)c2ccccc2)C(C)C)cc1Br. The molecule has 0 saturated carbocycles. The van der Waals surface area contributed by atoms with Crippen LogP contribution >= 0.6 is 15.9 Å². The molecule has 2 aromatic rings. The topological polar surface area (TPSA) is 89.0 Å². The number of nitrogens with zero attached hydrogens (tertiary/aromatic N) is 1. The Kier molecular flexibility index (Phi) is 8.21. The van der Waals surface area contributed by atoms with Crippen LogP contribution in [0.3, 0.4) is 0 Å². The number of benzene rings is 2. The number of carbonyl (C=O) groups excluding carboxylic acids is 2. The van der Waals surface area contributed by atoms with E-state index in [0.29, 0.717) is 22.6 Å². The zero-order valence-electron chi connectivity index (χ0n) is 16.7. The molecule has 0 bridgehead atoms. The molecule has 0 aliphatic heterocycles. The lowest BCUT2D eigenvalue weighted by atomic mass is 10.0. The maximum absolute atomic E-state index is 12.6. The summed E-state index contributed by atoms with van der Waals surface area (Å²) in [5.74, 6) is 0.311. The van der Waals surface area contributed by atoms with E-state index in [9.17, 15) is 9.59 Å². The number of halogens is 1. The molecule has 2 N–H and O–H groups in total. The standard InChI is InChI=1S/C21H24BrN3O4/c1-13(2)19(24-20(26)14-8-6-5-7-9-14)21(27)25-23-12-15-10-16(22)18(29-4)11-17(15)28-3/h5-13,19H,1-4H3,(H,24,26)(H,25,27)/b23-12+. The van der Waals surface area contributed by atoms with Crippen molar-refractivity contribution in [2.24, 2.45) is 11.0 Å². The average Bonchev–Trinajstić information content (AvgIpc) is 2.72. The number of carbonyl (C=O) groups is 2. The van der Waals surface area contributed by atoms with Gasteiger partial charge in [0.1, 0.15) is 17.5 Å². The summed E-state index contributed by atoms with van der Waals surface area (Å²) in [6.45, 7) is 3.70. The van der Waals surface area contributed by atoms with Crippen molar-refractivity contribution in [3.05, 3.63) is 58.1 Å². The van der Waals surface area contributed by atoms with Crippen LogP contribution in [0.15, 0.2) is 52.0 Å². The fourth-order valence-electron chi connectivity index (χ4n) is 2.57. The largest absolute Gasteiger partial charge is 0.496 e. The number of hydrazone groups is 1. The van der Waals surface area contributed by atoms with Crippen LogP contribution in [0.1, 0.15) is 29.8 Å². The van der Waals surface area contributed by atoms with Crippen LogP contribution in [0.2, 0.25) is 0 Å². The molecule has 2 aromatic carbocycles. The molecule has 7 nitrogen and oxygen atoms in total. The summed E-state index contributed by atoms with van der Waals surface area (Å²) in [6.07, 6.45) is 1.47. The number of hydrogen-bond donors (Lipinski definition) is 2. The first-order valence-corrected chi connectivity index (χ1v) is 9.77. The fraction of sp³-hybridized carbons (Fsp3) is 0.286. The summed E-state index contributed by atoms with van der Waals surface area (Å²) in [4.78, 5) is 24.9. The first-order chi connectivity index (χ1) is 13.9. The monoisotopic (exact) mass is 461 g/mol. The van der Waals surface area contributed by atoms with Crippen LogP contribution in [0.5, 0.6) is 11.5 Å². The third kappa shape index (κ3) is 6.05. The zero-order valence-corrected chi connectivity index (χ0v) is 18.3. The lowest BCUT2D eigenvalue weighted by Crippen LogP contribution is -2.48. The van der Waals surface area contributed by atoms with E-state index in [4.69, 9.17) is 9.47 Å². The van der Waals surface area contributed by atoms with Crippen molar-refractivity contribution in [1.82, 2.24) is 10.7 Å². The Bertz CT molecular complexity index is 885. The molecule has 2 amide bonds. The van der Waals surface area contributed by atoms with Crippen LogP contribution in [0, 0.1) is 5.92 Å². The Hall–Kier alpha value is -2.87. The van der Waals surface area contributed by atoms with Crippen molar-refractivity contribution in [1.29, 1.82) is 0 Å². The first-order valence-electron chi connectivity index (χ1n) is 8.97. The lowest BCUT2D eigenvalue weighted by molar-refractivity contribution is -0.123. The minimum atomic E-state index is -0.732. The number of ether oxygens (including phenoxy) is 2. The van der Waals surface area contributed by atoms with Gasteiger partial charge in [-0.05, 0) is 40.0 Å². The summed E-state index contributed by atoms with van der Waals surface area (Å²) in [5.41, 5.74) is 3.62. The van der Waals surface area contributed by atoms with Crippen LogP contribution in [0.25, 0.3) is 0 Å². The molecule has 8 heteroatoms. The highest BCUT2D eigenvalue weighted by Gasteiger charge is 2.24. The first kappa shape index (κ1) is 22.4. The van der Waals surface area contributed by atoms with E-state index >= 15 is 0 Å². The quantitative estimate of drug-likeness (QED) is 0.465. The highest BCUT2D eigenvalue weighted by atomic mass is 79.9. The Morgan fingerprint density at radius 1 is 1.07 bits per heavy atom. The van der Waals surface area contributed by atoms with Gasteiger partial charge in [-0.2, -0.15) is 5.10 Å². The van der Waals surface area contributed by atoms with Gasteiger partial charge in [-0.3, -0.25) is 9.59 Å². The predicted molar refractivity (Wildman–Crippen MR) is 116 cm³/mol. The number of methoxy groups -OCH3 is 2. The Morgan fingerprint density at radius 2 is 1.72 bits per heavy atom. The molecule has 1 atom stereocenters. The molecule has 154 valence electrons. The predicted octanol–water partition coefficient (Wildman–Crippen LogP) is 3.37. The second-order valence-corrected chi connectivity index (χ2v) is 7.38. The van der Waals surface area contributed by atoms with Gasteiger partial charge in [0.15, 0.2) is 0 Å². The van der Waals surface area contributed by atoms with Gasteiger partial charge in [-0.1, -0.05) is 32.0 Å². The minimum Gasteiger partial charge on any atom is -0.496 e. The van der Waals surface area contributed by atoms with Gasteiger partial charge in [-0.25, -0.2) is 5.43 Å². The number of hydrogen-bond acceptors (Lipinski definition) is 5. The van der Waals surface area contributed by atoms with Crippen molar-refractivity contribution in [2.75, 3.05) is 14.2 Å². The van der Waals surface area contributed by atoms with Gasteiger partial charge >= 0.3 is 0 Å². The van der Waals surface area contributed by atoms with Crippen LogP contribution < -0.4 is 20.2 Å². The molecular weight excluding hydrogens is 438 g/mol. The van der Waals surface area contributed by atoms with E-state index in [-0.39, 0.29) is 11.8 Å². The second-order valence-electron chi connectivity index (χ2n) is 6.52. The molecular formula is C21H24BrN3O4. The smallest absolute Gasteiger partial charge is 0.262 e. The Balaban J connectivity index is 2.09. The molecule has 0 heterocycles. The highest BCUT2D eigenvalue weighted by molar-refractivity contribution is 9.10. The maximum Gasteiger partial charge on any atom is 0.262 e. The fourth-order valence-corrected chi connectivity index (χ4v) is 3.09. The number of amides is 2. The summed E-state index contributed by atoms with van der Waals surface area (Å²) < 4.78 is 11.3. The number of rotatable bonds is 8. The summed E-state index contributed by atoms with van der Waals surface area (Å²) in [6, 6.07) is 11.5. The highest BCUT2D eigenvalue weighted by Crippen LogP contribution is 2.31. The number of nitrogens with one attached hydrogen (secondary N) is 2. The third-order valence-electron chi connectivity index (χ3n) is 4.15. The minimum absolute atomic E-state index is 0.123. The molecule has 0 aliphatic carbocycles. The second kappa shape index (κ2) is 10.6. The molecule has 29 heavy (non-hydrogen) atoms. The summed E-state index contributed by atoms with van der Waals surface area (Å²) in [7, 11) is 3.09. The van der Waals surface area contributed by atoms with Gasteiger partial charge in [0.25, 0.3) is 11.8 Å². The third-order valence-corrected chi connectivity index (χ3v) is 4.77. The molecule has 0 saturated heterocycles.